The molecule has 1 aliphatic heterocycles. The molecule has 0 N–H and O–H groups in total. The van der Waals surface area contributed by atoms with Gasteiger partial charge in [-0.15, -0.1) is 0 Å². The molecule has 1 heterocycles. The van der Waals surface area contributed by atoms with Crippen LogP contribution in [0.4, 0.5) is 4.39 Å². The predicted octanol–water partition coefficient (Wildman–Crippen LogP) is 2.93. The molecule has 0 atom stereocenters. The van der Waals surface area contributed by atoms with E-state index in [-0.39, 0.29) is 24.2 Å². The minimum Gasteiger partial charge on any atom is -0.270 e. The van der Waals surface area contributed by atoms with E-state index in [0.29, 0.717) is 22.3 Å². The Bertz CT molecular complexity index is 689. The highest BCUT2D eigenvalue weighted by Gasteiger charge is 2.34. The van der Waals surface area contributed by atoms with Gasteiger partial charge >= 0.3 is 0 Å². The second-order valence-corrected chi connectivity index (χ2v) is 4.83. The Morgan fingerprint density at radius 3 is 2.15 bits per heavy atom. The normalized spacial score (nSPS) is 13.8. The quantitative estimate of drug-likeness (QED) is 0.786. The summed E-state index contributed by atoms with van der Waals surface area (Å²) in [7, 11) is 0. The van der Waals surface area contributed by atoms with E-state index in [1.54, 1.807) is 43.3 Å². The second kappa shape index (κ2) is 4.56. The standard InChI is InChI=1S/C16H12FNO2/c1-10-6-7-11(8-14(10)17)9-18-15(19)12-4-2-3-5-13(12)16(18)20/h2-8H,9H2,1H3. The first-order valence-electron chi connectivity index (χ1n) is 6.28. The van der Waals surface area contributed by atoms with Gasteiger partial charge in [0.25, 0.3) is 11.8 Å². The molecule has 0 fully saturated rings. The number of nitrogens with zero attached hydrogens (tertiary/aromatic N) is 1. The maximum atomic E-state index is 13.5. The molecule has 0 saturated carbocycles. The van der Waals surface area contributed by atoms with E-state index in [1.165, 1.54) is 6.07 Å². The zero-order chi connectivity index (χ0) is 14.3. The second-order valence-electron chi connectivity index (χ2n) is 4.83. The number of halogens is 1. The smallest absolute Gasteiger partial charge is 0.261 e. The Morgan fingerprint density at radius 2 is 1.60 bits per heavy atom. The molecule has 0 spiro atoms. The van der Waals surface area contributed by atoms with Crippen molar-refractivity contribution in [2.75, 3.05) is 0 Å². The van der Waals surface area contributed by atoms with Crippen LogP contribution in [0.1, 0.15) is 31.8 Å². The first kappa shape index (κ1) is 12.5. The van der Waals surface area contributed by atoms with Gasteiger partial charge in [0.15, 0.2) is 0 Å². The number of hydrogen-bond acceptors (Lipinski definition) is 2. The summed E-state index contributed by atoms with van der Waals surface area (Å²) in [5.41, 5.74) is 1.95. The Balaban J connectivity index is 1.91. The van der Waals surface area contributed by atoms with Crippen LogP contribution in [-0.4, -0.2) is 16.7 Å². The van der Waals surface area contributed by atoms with Crippen molar-refractivity contribution >= 4 is 11.8 Å². The van der Waals surface area contributed by atoms with E-state index >= 15 is 0 Å². The zero-order valence-corrected chi connectivity index (χ0v) is 10.9. The Labute approximate surface area is 115 Å². The Kier molecular flexibility index (Phi) is 2.86. The van der Waals surface area contributed by atoms with Crippen LogP contribution in [-0.2, 0) is 6.54 Å². The van der Waals surface area contributed by atoms with Gasteiger partial charge in [-0.1, -0.05) is 24.3 Å². The molecular formula is C16H12FNO2. The first-order valence-corrected chi connectivity index (χ1v) is 6.28. The fourth-order valence-electron chi connectivity index (χ4n) is 2.30. The molecule has 3 nitrogen and oxygen atoms in total. The lowest BCUT2D eigenvalue weighted by Crippen LogP contribution is -2.29. The summed E-state index contributed by atoms with van der Waals surface area (Å²) in [6.45, 7) is 1.75. The van der Waals surface area contributed by atoms with E-state index in [2.05, 4.69) is 0 Å². The summed E-state index contributed by atoms with van der Waals surface area (Å²) in [5.74, 6) is -0.989. The average Bonchev–Trinajstić information content (AvgIpc) is 2.69. The fraction of sp³-hybridized carbons (Fsp3) is 0.125. The van der Waals surface area contributed by atoms with E-state index in [9.17, 15) is 14.0 Å². The predicted molar refractivity (Wildman–Crippen MR) is 71.8 cm³/mol. The van der Waals surface area contributed by atoms with Gasteiger partial charge in [-0.3, -0.25) is 14.5 Å². The number of amides is 2. The summed E-state index contributed by atoms with van der Waals surface area (Å²) in [4.78, 5) is 25.5. The van der Waals surface area contributed by atoms with Crippen molar-refractivity contribution in [3.8, 4) is 0 Å². The third kappa shape index (κ3) is 1.90. The van der Waals surface area contributed by atoms with Gasteiger partial charge in [0.1, 0.15) is 5.82 Å². The van der Waals surface area contributed by atoms with E-state index in [1.807, 2.05) is 0 Å². The lowest BCUT2D eigenvalue weighted by molar-refractivity contribution is 0.0642. The van der Waals surface area contributed by atoms with E-state index < -0.39 is 0 Å². The molecule has 2 amide bonds. The molecule has 0 aromatic heterocycles. The van der Waals surface area contributed by atoms with Crippen molar-refractivity contribution in [3.63, 3.8) is 0 Å². The van der Waals surface area contributed by atoms with Gasteiger partial charge < -0.3 is 0 Å². The maximum absolute atomic E-state index is 13.5. The molecule has 4 heteroatoms. The van der Waals surface area contributed by atoms with Crippen LogP contribution in [0.15, 0.2) is 42.5 Å². The Hall–Kier alpha value is -2.49. The summed E-state index contributed by atoms with van der Waals surface area (Å²) in [6.07, 6.45) is 0. The number of rotatable bonds is 2. The van der Waals surface area contributed by atoms with Crippen molar-refractivity contribution in [1.82, 2.24) is 4.90 Å². The molecule has 0 unspecified atom stereocenters. The summed E-state index contributed by atoms with van der Waals surface area (Å²) in [5, 5.41) is 0. The lowest BCUT2D eigenvalue weighted by atomic mass is 10.1. The first-order chi connectivity index (χ1) is 9.58. The molecule has 0 bridgehead atoms. The molecule has 0 radical (unpaired) electrons. The highest BCUT2D eigenvalue weighted by atomic mass is 19.1. The van der Waals surface area contributed by atoms with E-state index in [0.717, 1.165) is 4.90 Å². The molecule has 2 aromatic rings. The fourth-order valence-corrected chi connectivity index (χ4v) is 2.30. The monoisotopic (exact) mass is 269 g/mol. The third-order valence-electron chi connectivity index (χ3n) is 3.46. The van der Waals surface area contributed by atoms with Gasteiger partial charge in [0, 0.05) is 0 Å². The number of carbonyl (C=O) groups is 2. The third-order valence-corrected chi connectivity index (χ3v) is 3.46. The number of fused-ring (bicyclic) bond motifs is 1. The highest BCUT2D eigenvalue weighted by Crippen LogP contribution is 2.24. The van der Waals surface area contributed by atoms with Crippen molar-refractivity contribution in [2.45, 2.75) is 13.5 Å². The van der Waals surface area contributed by atoms with Gasteiger partial charge in [0.05, 0.1) is 17.7 Å². The molecule has 20 heavy (non-hydrogen) atoms. The molecule has 1 aliphatic rings. The molecule has 100 valence electrons. The molecule has 0 saturated heterocycles. The van der Waals surface area contributed by atoms with Crippen LogP contribution in [0.25, 0.3) is 0 Å². The topological polar surface area (TPSA) is 37.4 Å². The highest BCUT2D eigenvalue weighted by molar-refractivity contribution is 6.21. The number of benzene rings is 2. The summed E-state index contributed by atoms with van der Waals surface area (Å²) < 4.78 is 13.5. The SMILES string of the molecule is Cc1ccc(CN2C(=O)c3ccccc3C2=O)cc1F. The van der Waals surface area contributed by atoms with Crippen LogP contribution in [0.2, 0.25) is 0 Å². The maximum Gasteiger partial charge on any atom is 0.261 e. The average molecular weight is 269 g/mol. The van der Waals surface area contributed by atoms with Crippen LogP contribution in [0, 0.1) is 12.7 Å². The number of carbonyl (C=O) groups excluding carboxylic acids is 2. The van der Waals surface area contributed by atoms with Crippen molar-refractivity contribution in [2.24, 2.45) is 0 Å². The number of imide groups is 1. The van der Waals surface area contributed by atoms with Crippen molar-refractivity contribution < 1.29 is 14.0 Å². The molecule has 3 rings (SSSR count). The van der Waals surface area contributed by atoms with Gasteiger partial charge in [-0.25, -0.2) is 4.39 Å². The van der Waals surface area contributed by atoms with Crippen LogP contribution < -0.4 is 0 Å². The summed E-state index contributed by atoms with van der Waals surface area (Å²) >= 11 is 0. The summed E-state index contributed by atoms with van der Waals surface area (Å²) in [6, 6.07) is 11.4. The molecule has 2 aromatic carbocycles. The molecular weight excluding hydrogens is 257 g/mol. The number of aryl methyl sites for hydroxylation is 1. The zero-order valence-electron chi connectivity index (χ0n) is 10.9. The Morgan fingerprint density at radius 1 is 1.00 bits per heavy atom. The lowest BCUT2D eigenvalue weighted by Gasteiger charge is -2.14. The van der Waals surface area contributed by atoms with Crippen LogP contribution in [0.3, 0.4) is 0 Å². The largest absolute Gasteiger partial charge is 0.270 e. The van der Waals surface area contributed by atoms with Crippen molar-refractivity contribution in [1.29, 1.82) is 0 Å². The van der Waals surface area contributed by atoms with E-state index in [4.69, 9.17) is 0 Å². The minimum absolute atomic E-state index is 0.0869. The molecule has 0 aliphatic carbocycles. The van der Waals surface area contributed by atoms with Crippen LogP contribution in [0.5, 0.6) is 0 Å². The van der Waals surface area contributed by atoms with Crippen molar-refractivity contribution in [3.05, 3.63) is 70.5 Å². The van der Waals surface area contributed by atoms with Gasteiger partial charge in [-0.05, 0) is 36.2 Å². The van der Waals surface area contributed by atoms with Crippen LogP contribution >= 0.6 is 0 Å². The van der Waals surface area contributed by atoms with Gasteiger partial charge in [-0.2, -0.15) is 0 Å². The number of hydrogen-bond donors (Lipinski definition) is 0. The van der Waals surface area contributed by atoms with Gasteiger partial charge in [0.2, 0.25) is 0 Å². The minimum atomic E-state index is -0.334.